The van der Waals surface area contributed by atoms with E-state index in [0.717, 1.165) is 30.9 Å². The van der Waals surface area contributed by atoms with Gasteiger partial charge in [-0.2, -0.15) is 11.3 Å². The van der Waals surface area contributed by atoms with Crippen molar-refractivity contribution < 1.29 is 4.79 Å². The van der Waals surface area contributed by atoms with Crippen LogP contribution >= 0.6 is 22.7 Å². The molecule has 3 heterocycles. The van der Waals surface area contributed by atoms with Crippen LogP contribution in [0, 0.1) is 5.41 Å². The van der Waals surface area contributed by atoms with Crippen LogP contribution in [-0.2, 0) is 13.0 Å². The summed E-state index contributed by atoms with van der Waals surface area (Å²) in [6.45, 7) is 5.07. The Bertz CT molecular complexity index is 701. The first-order chi connectivity index (χ1) is 11.7. The molecule has 0 aromatic carbocycles. The summed E-state index contributed by atoms with van der Waals surface area (Å²) in [6, 6.07) is 4.67. The van der Waals surface area contributed by atoms with Crippen LogP contribution < -0.4 is 5.32 Å². The Morgan fingerprint density at radius 2 is 2.17 bits per heavy atom. The lowest BCUT2D eigenvalue weighted by Crippen LogP contribution is -2.39. The number of thiophene rings is 2. The maximum absolute atomic E-state index is 13.3. The second-order valence-corrected chi connectivity index (χ2v) is 8.72. The fourth-order valence-corrected chi connectivity index (χ4v) is 5.67. The number of nitrogens with one attached hydrogen (secondary N) is 1. The lowest BCUT2D eigenvalue weighted by molar-refractivity contribution is 0.0696. The summed E-state index contributed by atoms with van der Waals surface area (Å²) in [7, 11) is 0. The Kier molecular flexibility index (Phi) is 4.50. The van der Waals surface area contributed by atoms with E-state index < -0.39 is 0 Å². The number of hydrogen-bond acceptors (Lipinski definition) is 4. The number of carbonyl (C=O) groups is 1. The van der Waals surface area contributed by atoms with Gasteiger partial charge in [-0.1, -0.05) is 6.92 Å². The zero-order chi connectivity index (χ0) is 16.6. The third-order valence-corrected chi connectivity index (χ3v) is 7.31. The van der Waals surface area contributed by atoms with Gasteiger partial charge in [0.25, 0.3) is 5.91 Å². The fraction of sp³-hybridized carbons (Fsp3) is 0.526. The Labute approximate surface area is 151 Å². The molecule has 1 amide bonds. The van der Waals surface area contributed by atoms with Gasteiger partial charge in [0.1, 0.15) is 0 Å². The molecule has 2 fully saturated rings. The summed E-state index contributed by atoms with van der Waals surface area (Å²) >= 11 is 3.31. The quantitative estimate of drug-likeness (QED) is 0.868. The van der Waals surface area contributed by atoms with E-state index in [9.17, 15) is 4.79 Å². The third kappa shape index (κ3) is 2.93. The Hall–Kier alpha value is -1.17. The molecule has 128 valence electrons. The Balaban J connectivity index is 1.60. The Morgan fingerprint density at radius 1 is 1.33 bits per heavy atom. The number of amides is 1. The molecule has 2 aromatic rings. The number of aryl methyl sites for hydroxylation is 1. The number of piperidine rings is 1. The summed E-state index contributed by atoms with van der Waals surface area (Å²) in [5.41, 5.74) is 2.83. The van der Waals surface area contributed by atoms with Crippen molar-refractivity contribution in [2.45, 2.75) is 45.2 Å². The molecule has 1 spiro atoms. The van der Waals surface area contributed by atoms with Crippen LogP contribution in [0.3, 0.4) is 0 Å². The molecule has 1 aliphatic carbocycles. The van der Waals surface area contributed by atoms with Crippen molar-refractivity contribution >= 4 is 28.6 Å². The van der Waals surface area contributed by atoms with Gasteiger partial charge < -0.3 is 10.2 Å². The van der Waals surface area contributed by atoms with Gasteiger partial charge in [0.15, 0.2) is 0 Å². The monoisotopic (exact) mass is 360 g/mol. The van der Waals surface area contributed by atoms with Crippen molar-refractivity contribution in [2.24, 2.45) is 5.41 Å². The standard InChI is InChI=1S/C19H24N2OS2/c1-2-15-4-10-24-17(15)18(22)21(12-14-3-9-23-13-14)16-11-19(16)5-7-20-8-6-19/h3-4,9-10,13,16,20H,2,5-8,11-12H2,1H3. The third-order valence-electron chi connectivity index (χ3n) is 5.64. The second-order valence-electron chi connectivity index (χ2n) is 7.03. The number of carbonyl (C=O) groups excluding carboxylic acids is 1. The molecule has 1 aliphatic heterocycles. The van der Waals surface area contributed by atoms with Crippen LogP contribution in [0.4, 0.5) is 0 Å². The minimum Gasteiger partial charge on any atom is -0.330 e. The van der Waals surface area contributed by atoms with E-state index in [4.69, 9.17) is 0 Å². The average molecular weight is 361 g/mol. The maximum atomic E-state index is 13.3. The number of hydrogen-bond donors (Lipinski definition) is 1. The van der Waals surface area contributed by atoms with Gasteiger partial charge in [-0.25, -0.2) is 0 Å². The van der Waals surface area contributed by atoms with Gasteiger partial charge in [-0.3, -0.25) is 4.79 Å². The largest absolute Gasteiger partial charge is 0.330 e. The molecule has 5 heteroatoms. The van der Waals surface area contributed by atoms with Gasteiger partial charge >= 0.3 is 0 Å². The van der Waals surface area contributed by atoms with Gasteiger partial charge in [0.2, 0.25) is 0 Å². The van der Waals surface area contributed by atoms with Crippen molar-refractivity contribution in [1.82, 2.24) is 10.2 Å². The topological polar surface area (TPSA) is 32.3 Å². The van der Waals surface area contributed by atoms with E-state index in [1.807, 2.05) is 0 Å². The van der Waals surface area contributed by atoms with Gasteiger partial charge in [-0.15, -0.1) is 11.3 Å². The molecule has 1 atom stereocenters. The van der Waals surface area contributed by atoms with E-state index in [1.165, 1.54) is 30.4 Å². The number of nitrogens with zero attached hydrogens (tertiary/aromatic N) is 1. The van der Waals surface area contributed by atoms with Crippen LogP contribution in [0.5, 0.6) is 0 Å². The van der Waals surface area contributed by atoms with Crippen molar-refractivity contribution in [3.8, 4) is 0 Å². The van der Waals surface area contributed by atoms with Gasteiger partial charge in [0.05, 0.1) is 4.88 Å². The molecule has 0 radical (unpaired) electrons. The predicted molar refractivity (Wildman–Crippen MR) is 101 cm³/mol. The zero-order valence-corrected chi connectivity index (χ0v) is 15.7. The molecule has 24 heavy (non-hydrogen) atoms. The molecule has 2 aliphatic rings. The summed E-state index contributed by atoms with van der Waals surface area (Å²) < 4.78 is 0. The van der Waals surface area contributed by atoms with E-state index in [0.29, 0.717) is 11.5 Å². The van der Waals surface area contributed by atoms with Crippen LogP contribution in [0.1, 0.15) is 47.0 Å². The molecule has 0 bridgehead atoms. The Morgan fingerprint density at radius 3 is 2.88 bits per heavy atom. The second kappa shape index (κ2) is 6.62. The van der Waals surface area contributed by atoms with E-state index in [-0.39, 0.29) is 5.91 Å². The zero-order valence-electron chi connectivity index (χ0n) is 14.1. The first-order valence-electron chi connectivity index (χ1n) is 8.82. The summed E-state index contributed by atoms with van der Waals surface area (Å²) in [5.74, 6) is 0.244. The highest BCUT2D eigenvalue weighted by molar-refractivity contribution is 7.12. The van der Waals surface area contributed by atoms with E-state index >= 15 is 0 Å². The molecule has 2 aromatic heterocycles. The van der Waals surface area contributed by atoms with Crippen LogP contribution in [-0.4, -0.2) is 29.9 Å². The molecular weight excluding hydrogens is 336 g/mol. The molecule has 1 unspecified atom stereocenters. The molecular formula is C19H24N2OS2. The highest BCUT2D eigenvalue weighted by Crippen LogP contribution is 2.56. The van der Waals surface area contributed by atoms with Gasteiger partial charge in [0, 0.05) is 12.6 Å². The summed E-state index contributed by atoms with van der Waals surface area (Å²) in [4.78, 5) is 16.5. The van der Waals surface area contributed by atoms with Crippen molar-refractivity contribution in [3.63, 3.8) is 0 Å². The fourth-order valence-electron chi connectivity index (χ4n) is 4.06. The van der Waals surface area contributed by atoms with E-state index in [1.54, 1.807) is 22.7 Å². The molecule has 1 N–H and O–H groups in total. The average Bonchev–Trinajstić information content (AvgIpc) is 3.05. The van der Waals surface area contributed by atoms with E-state index in [2.05, 4.69) is 45.4 Å². The molecule has 3 nitrogen and oxygen atoms in total. The first kappa shape index (κ1) is 16.3. The lowest BCUT2D eigenvalue weighted by Gasteiger charge is -2.29. The normalized spacial score (nSPS) is 21.8. The van der Waals surface area contributed by atoms with Gasteiger partial charge in [-0.05, 0) is 83.6 Å². The highest BCUT2D eigenvalue weighted by atomic mass is 32.1. The van der Waals surface area contributed by atoms with Crippen LogP contribution in [0.2, 0.25) is 0 Å². The number of rotatable bonds is 5. The van der Waals surface area contributed by atoms with Crippen molar-refractivity contribution in [1.29, 1.82) is 0 Å². The van der Waals surface area contributed by atoms with Crippen LogP contribution in [0.25, 0.3) is 0 Å². The smallest absolute Gasteiger partial charge is 0.264 e. The van der Waals surface area contributed by atoms with Crippen LogP contribution in [0.15, 0.2) is 28.3 Å². The molecule has 1 saturated heterocycles. The summed E-state index contributed by atoms with van der Waals surface area (Å²) in [5, 5.41) is 9.80. The summed E-state index contributed by atoms with van der Waals surface area (Å²) in [6.07, 6.45) is 4.51. The van der Waals surface area contributed by atoms with Crippen molar-refractivity contribution in [3.05, 3.63) is 44.3 Å². The minimum atomic E-state index is 0.244. The molecule has 4 rings (SSSR count). The first-order valence-corrected chi connectivity index (χ1v) is 10.6. The minimum absolute atomic E-state index is 0.244. The van der Waals surface area contributed by atoms with Crippen molar-refractivity contribution in [2.75, 3.05) is 13.1 Å². The maximum Gasteiger partial charge on any atom is 0.264 e. The lowest BCUT2D eigenvalue weighted by atomic mass is 9.93. The highest BCUT2D eigenvalue weighted by Gasteiger charge is 2.57. The SMILES string of the molecule is CCc1ccsc1C(=O)N(Cc1ccsc1)C1CC12CCNCC2. The predicted octanol–water partition coefficient (Wildman–Crippen LogP) is 4.16. The molecule has 1 saturated carbocycles.